The van der Waals surface area contributed by atoms with E-state index in [1.807, 2.05) is 36.6 Å². The van der Waals surface area contributed by atoms with Crippen molar-refractivity contribution in [3.05, 3.63) is 40.1 Å². The summed E-state index contributed by atoms with van der Waals surface area (Å²) in [6.07, 6.45) is 10.8. The van der Waals surface area contributed by atoms with Gasteiger partial charge < -0.3 is 15.1 Å². The number of nitrogens with zero attached hydrogens (tertiary/aromatic N) is 3. The normalized spacial score (nSPS) is 19.5. The van der Waals surface area contributed by atoms with Crippen molar-refractivity contribution in [2.24, 2.45) is 5.92 Å². The van der Waals surface area contributed by atoms with Gasteiger partial charge >= 0.3 is 0 Å². The maximum atomic E-state index is 13.5. The highest BCUT2D eigenvalue weighted by atomic mass is 32.1. The summed E-state index contributed by atoms with van der Waals surface area (Å²) in [5, 5.41) is 4.85. The minimum Gasteiger partial charge on any atom is -0.320 e. The monoisotopic (exact) mass is 508 g/mol. The van der Waals surface area contributed by atoms with Crippen LogP contribution in [-0.4, -0.2) is 60.9 Å². The Bertz CT molecular complexity index is 1050. The fraction of sp³-hybridized carbons (Fsp3) is 0.586. The second kappa shape index (κ2) is 11.9. The molecule has 0 spiro atoms. The van der Waals surface area contributed by atoms with Crippen LogP contribution in [-0.2, 0) is 4.79 Å². The van der Waals surface area contributed by atoms with Crippen molar-refractivity contribution in [3.63, 3.8) is 0 Å². The van der Waals surface area contributed by atoms with Gasteiger partial charge in [-0.25, -0.2) is 0 Å². The first kappa shape index (κ1) is 25.4. The van der Waals surface area contributed by atoms with Gasteiger partial charge in [-0.05, 0) is 109 Å². The molecule has 2 fully saturated rings. The molecule has 5 rings (SSSR count). The van der Waals surface area contributed by atoms with Gasteiger partial charge in [0.05, 0.1) is 22.6 Å². The first-order valence-corrected chi connectivity index (χ1v) is 14.7. The largest absolute Gasteiger partial charge is 0.320 e. The van der Waals surface area contributed by atoms with E-state index in [9.17, 15) is 9.59 Å². The molecule has 0 radical (unpaired) electrons. The molecule has 0 unspecified atom stereocenters. The molecular formula is C29H40N4O2S. The van der Waals surface area contributed by atoms with E-state index in [0.29, 0.717) is 17.7 Å². The van der Waals surface area contributed by atoms with Crippen LogP contribution in [0.5, 0.6) is 0 Å². The van der Waals surface area contributed by atoms with Crippen molar-refractivity contribution in [2.75, 3.05) is 49.5 Å². The molecule has 1 aromatic carbocycles. The van der Waals surface area contributed by atoms with E-state index < -0.39 is 0 Å². The molecular weight excluding hydrogens is 468 g/mol. The molecule has 3 aliphatic rings. The zero-order chi connectivity index (χ0) is 24.9. The summed E-state index contributed by atoms with van der Waals surface area (Å²) in [5.74, 6) is 0.788. The van der Waals surface area contributed by atoms with Crippen molar-refractivity contribution >= 4 is 40.2 Å². The van der Waals surface area contributed by atoms with Gasteiger partial charge in [-0.1, -0.05) is 18.6 Å². The molecule has 2 saturated heterocycles. The second-order valence-corrected chi connectivity index (χ2v) is 11.8. The number of anilines is 3. The Labute approximate surface area is 219 Å². The molecule has 3 aliphatic heterocycles. The Kier molecular flexibility index (Phi) is 8.40. The lowest BCUT2D eigenvalue weighted by Gasteiger charge is -2.33. The number of fused-ring (bicyclic) bond motifs is 2. The Balaban J connectivity index is 1.11. The number of likely N-dealkylation sites (tertiary alicyclic amines) is 2. The lowest BCUT2D eigenvalue weighted by atomic mass is 9.92. The van der Waals surface area contributed by atoms with Gasteiger partial charge in [-0.15, -0.1) is 11.3 Å². The summed E-state index contributed by atoms with van der Waals surface area (Å²) >= 11 is 1.52. The highest BCUT2D eigenvalue weighted by Crippen LogP contribution is 2.42. The topological polar surface area (TPSA) is 55.9 Å². The van der Waals surface area contributed by atoms with Crippen LogP contribution < -0.4 is 10.2 Å². The molecule has 6 nitrogen and oxygen atoms in total. The molecule has 0 saturated carbocycles. The maximum absolute atomic E-state index is 13.5. The molecule has 7 heteroatoms. The minimum absolute atomic E-state index is 0.0642. The number of benzene rings is 1. The zero-order valence-corrected chi connectivity index (χ0v) is 22.5. The average molecular weight is 509 g/mol. The molecule has 4 heterocycles. The van der Waals surface area contributed by atoms with Crippen molar-refractivity contribution in [3.8, 4) is 0 Å². The van der Waals surface area contributed by atoms with Crippen molar-refractivity contribution < 1.29 is 9.59 Å². The molecule has 194 valence electrons. The summed E-state index contributed by atoms with van der Waals surface area (Å²) in [5.41, 5.74) is 2.79. The smallest absolute Gasteiger partial charge is 0.258 e. The zero-order valence-electron chi connectivity index (χ0n) is 21.6. The first-order chi connectivity index (χ1) is 17.6. The van der Waals surface area contributed by atoms with E-state index in [1.54, 1.807) is 4.90 Å². The van der Waals surface area contributed by atoms with E-state index in [4.69, 9.17) is 0 Å². The number of aryl methyl sites for hydroxylation is 1. The Hall–Kier alpha value is -2.22. The molecule has 1 aromatic heterocycles. The third kappa shape index (κ3) is 5.84. The summed E-state index contributed by atoms with van der Waals surface area (Å²) < 4.78 is 0. The standard InChI is InChI=1S/C29H40N4O2S/c1-22-28-24(21-36-22)29(35)30-25-10-3-4-11-26(25)33(28)27(34)12-8-18-32-19-13-23(14-20-32)9-7-17-31-15-5-2-6-16-31/h3-4,10-11,21,23H,2,5-9,12-20H2,1H3,(H,30,35). The number of thiophene rings is 1. The number of nitrogens with one attached hydrogen (secondary N) is 1. The number of carbonyl (C=O) groups is 2. The van der Waals surface area contributed by atoms with Crippen LogP contribution >= 0.6 is 11.3 Å². The van der Waals surface area contributed by atoms with Crippen LogP contribution in [0.25, 0.3) is 0 Å². The molecule has 0 bridgehead atoms. The number of carbonyl (C=O) groups excluding carboxylic acids is 2. The van der Waals surface area contributed by atoms with E-state index in [1.165, 1.54) is 75.9 Å². The van der Waals surface area contributed by atoms with Gasteiger partial charge in [0.1, 0.15) is 0 Å². The number of piperidine rings is 2. The molecule has 36 heavy (non-hydrogen) atoms. The SMILES string of the molecule is Cc1scc2c1N(C(=O)CCCN1CCC(CCCN3CCCCC3)CC1)c1ccccc1NC2=O. The predicted octanol–water partition coefficient (Wildman–Crippen LogP) is 6.05. The third-order valence-corrected chi connectivity index (χ3v) is 9.06. The van der Waals surface area contributed by atoms with Gasteiger partial charge in [-0.3, -0.25) is 14.5 Å². The van der Waals surface area contributed by atoms with E-state index >= 15 is 0 Å². The molecule has 2 amide bonds. The maximum Gasteiger partial charge on any atom is 0.258 e. The Morgan fingerprint density at radius 2 is 1.72 bits per heavy atom. The molecule has 0 atom stereocenters. The van der Waals surface area contributed by atoms with E-state index in [-0.39, 0.29) is 11.8 Å². The number of hydrogen-bond donors (Lipinski definition) is 1. The van der Waals surface area contributed by atoms with Crippen molar-refractivity contribution in [1.29, 1.82) is 0 Å². The quantitative estimate of drug-likeness (QED) is 0.472. The van der Waals surface area contributed by atoms with Gasteiger partial charge in [0, 0.05) is 16.7 Å². The van der Waals surface area contributed by atoms with E-state index in [0.717, 1.165) is 48.2 Å². The number of amides is 2. The van der Waals surface area contributed by atoms with Crippen molar-refractivity contribution in [2.45, 2.75) is 64.7 Å². The van der Waals surface area contributed by atoms with Crippen LogP contribution in [0.3, 0.4) is 0 Å². The van der Waals surface area contributed by atoms with Crippen LogP contribution in [0, 0.1) is 12.8 Å². The fourth-order valence-electron chi connectivity index (χ4n) is 6.08. The third-order valence-electron chi connectivity index (χ3n) is 8.16. The van der Waals surface area contributed by atoms with Gasteiger partial charge in [0.15, 0.2) is 0 Å². The highest BCUT2D eigenvalue weighted by molar-refractivity contribution is 7.11. The summed E-state index contributed by atoms with van der Waals surface area (Å²) in [4.78, 5) is 34.3. The highest BCUT2D eigenvalue weighted by Gasteiger charge is 2.31. The summed E-state index contributed by atoms with van der Waals surface area (Å²) in [6, 6.07) is 7.61. The fourth-order valence-corrected chi connectivity index (χ4v) is 6.91. The Morgan fingerprint density at radius 1 is 1.00 bits per heavy atom. The summed E-state index contributed by atoms with van der Waals surface area (Å²) in [7, 11) is 0. The lowest BCUT2D eigenvalue weighted by molar-refractivity contribution is -0.118. The van der Waals surface area contributed by atoms with E-state index in [2.05, 4.69) is 15.1 Å². The summed E-state index contributed by atoms with van der Waals surface area (Å²) in [6.45, 7) is 9.16. The number of rotatable bonds is 8. The first-order valence-electron chi connectivity index (χ1n) is 13.9. The molecule has 1 N–H and O–H groups in total. The molecule has 0 aliphatic carbocycles. The number of para-hydroxylation sites is 2. The number of hydrogen-bond acceptors (Lipinski definition) is 5. The van der Waals surface area contributed by atoms with Crippen LogP contribution in [0.1, 0.15) is 73.0 Å². The van der Waals surface area contributed by atoms with Crippen LogP contribution in [0.2, 0.25) is 0 Å². The van der Waals surface area contributed by atoms with Gasteiger partial charge in [-0.2, -0.15) is 0 Å². The second-order valence-electron chi connectivity index (χ2n) is 10.7. The minimum atomic E-state index is -0.143. The van der Waals surface area contributed by atoms with Crippen LogP contribution in [0.15, 0.2) is 29.6 Å². The van der Waals surface area contributed by atoms with Crippen LogP contribution in [0.4, 0.5) is 17.1 Å². The van der Waals surface area contributed by atoms with Gasteiger partial charge in [0.2, 0.25) is 5.91 Å². The predicted molar refractivity (Wildman–Crippen MR) is 149 cm³/mol. The average Bonchev–Trinajstić information content (AvgIpc) is 3.21. The Morgan fingerprint density at radius 3 is 2.53 bits per heavy atom. The van der Waals surface area contributed by atoms with Crippen molar-refractivity contribution in [1.82, 2.24) is 9.80 Å². The molecule has 2 aromatic rings. The van der Waals surface area contributed by atoms with Gasteiger partial charge in [0.25, 0.3) is 5.91 Å². The lowest BCUT2D eigenvalue weighted by Crippen LogP contribution is -2.35.